The second-order valence-electron chi connectivity index (χ2n) is 2.69. The molecule has 0 N–H and O–H groups in total. The molecule has 0 bridgehead atoms. The normalized spacial score (nSPS) is 20.5. The molecule has 0 saturated carbocycles. The zero-order valence-electron chi connectivity index (χ0n) is 6.42. The van der Waals surface area contributed by atoms with Crippen LogP contribution in [0.25, 0.3) is 0 Å². The van der Waals surface area contributed by atoms with Crippen molar-refractivity contribution in [3.8, 4) is 0 Å². The van der Waals surface area contributed by atoms with E-state index in [4.69, 9.17) is 0 Å². The molecule has 0 radical (unpaired) electrons. The predicted octanol–water partition coefficient (Wildman–Crippen LogP) is 0.475. The summed E-state index contributed by atoms with van der Waals surface area (Å²) in [5, 5.41) is 3.72. The molecule has 0 aromatic rings. The van der Waals surface area contributed by atoms with Gasteiger partial charge >= 0.3 is 0 Å². The number of hydrogen-bond donors (Lipinski definition) is 0. The first kappa shape index (κ1) is 7.54. The van der Waals surface area contributed by atoms with Gasteiger partial charge in [0.1, 0.15) is 0 Å². The molecule has 1 fully saturated rings. The topological polar surface area (TPSA) is 23.6 Å². The Kier molecular flexibility index (Phi) is 2.68. The summed E-state index contributed by atoms with van der Waals surface area (Å²) in [6.45, 7) is 2.07. The Balaban J connectivity index is 2.30. The molecule has 0 aromatic heterocycles. The van der Waals surface area contributed by atoms with Crippen LogP contribution in [0, 0.1) is 0 Å². The van der Waals surface area contributed by atoms with Gasteiger partial charge in [0.2, 0.25) is 6.41 Å². The van der Waals surface area contributed by atoms with E-state index < -0.39 is 0 Å². The van der Waals surface area contributed by atoms with Gasteiger partial charge in [-0.15, -0.1) is 0 Å². The van der Waals surface area contributed by atoms with Gasteiger partial charge < -0.3 is 0 Å². The summed E-state index contributed by atoms with van der Waals surface area (Å²) in [6.07, 6.45) is 4.62. The standard InChI is InChI=1S/C7H14N2O/c1-8(7-10)9-5-3-2-4-6-9/h7H,2-6H2,1H3. The molecular formula is C7H14N2O. The van der Waals surface area contributed by atoms with E-state index in [0.717, 1.165) is 19.5 Å². The molecule has 0 aliphatic carbocycles. The lowest BCUT2D eigenvalue weighted by Gasteiger charge is -2.31. The van der Waals surface area contributed by atoms with Crippen molar-refractivity contribution in [1.82, 2.24) is 10.0 Å². The van der Waals surface area contributed by atoms with Gasteiger partial charge in [0.15, 0.2) is 0 Å². The molecule has 0 unspecified atom stereocenters. The van der Waals surface area contributed by atoms with Gasteiger partial charge in [-0.05, 0) is 12.8 Å². The highest BCUT2D eigenvalue weighted by atomic mass is 16.1. The molecule has 1 heterocycles. The Hall–Kier alpha value is -0.570. The van der Waals surface area contributed by atoms with Gasteiger partial charge in [-0.3, -0.25) is 9.80 Å². The van der Waals surface area contributed by atoms with Crippen molar-refractivity contribution in [3.05, 3.63) is 0 Å². The van der Waals surface area contributed by atoms with Crippen LogP contribution < -0.4 is 0 Å². The zero-order chi connectivity index (χ0) is 7.40. The van der Waals surface area contributed by atoms with Crippen LogP contribution in [0.15, 0.2) is 0 Å². The van der Waals surface area contributed by atoms with E-state index >= 15 is 0 Å². The number of nitrogens with zero attached hydrogens (tertiary/aromatic N) is 2. The summed E-state index contributed by atoms with van der Waals surface area (Å²) >= 11 is 0. The van der Waals surface area contributed by atoms with Gasteiger partial charge in [-0.25, -0.2) is 5.01 Å². The van der Waals surface area contributed by atoms with Gasteiger partial charge in [0.25, 0.3) is 0 Å². The van der Waals surface area contributed by atoms with Crippen molar-refractivity contribution in [2.24, 2.45) is 0 Å². The highest BCUT2D eigenvalue weighted by molar-refractivity contribution is 5.45. The average Bonchev–Trinajstić information content (AvgIpc) is 2.05. The molecule has 3 heteroatoms. The van der Waals surface area contributed by atoms with Crippen LogP contribution in [0.4, 0.5) is 0 Å². The average molecular weight is 142 g/mol. The third kappa shape index (κ3) is 1.70. The van der Waals surface area contributed by atoms with Crippen LogP contribution in [0.1, 0.15) is 19.3 Å². The lowest BCUT2D eigenvalue weighted by Crippen LogP contribution is -2.42. The molecule has 1 aliphatic heterocycles. The van der Waals surface area contributed by atoms with Crippen LogP contribution in [0.5, 0.6) is 0 Å². The van der Waals surface area contributed by atoms with Gasteiger partial charge in [-0.2, -0.15) is 0 Å². The van der Waals surface area contributed by atoms with E-state index in [2.05, 4.69) is 5.01 Å². The Bertz CT molecular complexity index is 110. The number of carbonyl (C=O) groups is 1. The van der Waals surface area contributed by atoms with Gasteiger partial charge in [0, 0.05) is 20.1 Å². The minimum absolute atomic E-state index is 0.866. The number of carbonyl (C=O) groups excluding carboxylic acids is 1. The monoisotopic (exact) mass is 142 g/mol. The Morgan fingerprint density at radius 1 is 1.30 bits per heavy atom. The molecule has 1 amide bonds. The molecule has 1 saturated heterocycles. The van der Waals surface area contributed by atoms with Crippen molar-refractivity contribution in [2.45, 2.75) is 19.3 Å². The number of piperidine rings is 1. The second kappa shape index (κ2) is 3.56. The predicted molar refractivity (Wildman–Crippen MR) is 39.3 cm³/mol. The van der Waals surface area contributed by atoms with E-state index in [9.17, 15) is 4.79 Å². The molecule has 58 valence electrons. The van der Waals surface area contributed by atoms with Crippen LogP contribution >= 0.6 is 0 Å². The molecule has 1 rings (SSSR count). The molecular weight excluding hydrogens is 128 g/mol. The number of hydrazine groups is 1. The quantitative estimate of drug-likeness (QED) is 0.523. The molecule has 3 nitrogen and oxygen atoms in total. The molecule has 10 heavy (non-hydrogen) atoms. The summed E-state index contributed by atoms with van der Waals surface area (Å²) in [4.78, 5) is 10.3. The third-order valence-corrected chi connectivity index (χ3v) is 1.93. The van der Waals surface area contributed by atoms with Crippen LogP contribution in [0.2, 0.25) is 0 Å². The van der Waals surface area contributed by atoms with E-state index in [0.29, 0.717) is 0 Å². The molecule has 1 aliphatic rings. The van der Waals surface area contributed by atoms with E-state index in [1.165, 1.54) is 19.3 Å². The minimum atomic E-state index is 0.866. The first-order valence-electron chi connectivity index (χ1n) is 3.77. The summed E-state index contributed by atoms with van der Waals surface area (Å²) < 4.78 is 0. The third-order valence-electron chi connectivity index (χ3n) is 1.93. The number of rotatable bonds is 2. The summed E-state index contributed by atoms with van der Waals surface area (Å²) in [5.74, 6) is 0. The first-order valence-corrected chi connectivity index (χ1v) is 3.77. The van der Waals surface area contributed by atoms with Crippen LogP contribution in [-0.2, 0) is 4.79 Å². The fourth-order valence-corrected chi connectivity index (χ4v) is 1.26. The van der Waals surface area contributed by atoms with E-state index in [-0.39, 0.29) is 0 Å². The van der Waals surface area contributed by atoms with Crippen molar-refractivity contribution in [1.29, 1.82) is 0 Å². The van der Waals surface area contributed by atoms with E-state index in [1.807, 2.05) is 0 Å². The number of hydrogen-bond acceptors (Lipinski definition) is 2. The summed E-state index contributed by atoms with van der Waals surface area (Å²) in [6, 6.07) is 0. The summed E-state index contributed by atoms with van der Waals surface area (Å²) in [7, 11) is 1.80. The highest BCUT2D eigenvalue weighted by Crippen LogP contribution is 2.08. The fourth-order valence-electron chi connectivity index (χ4n) is 1.26. The lowest BCUT2D eigenvalue weighted by molar-refractivity contribution is -0.132. The highest BCUT2D eigenvalue weighted by Gasteiger charge is 2.12. The Morgan fingerprint density at radius 3 is 2.40 bits per heavy atom. The van der Waals surface area contributed by atoms with E-state index in [1.54, 1.807) is 12.1 Å². The molecule has 0 spiro atoms. The van der Waals surface area contributed by atoms with Gasteiger partial charge in [0.05, 0.1) is 0 Å². The maximum atomic E-state index is 10.3. The van der Waals surface area contributed by atoms with Crippen molar-refractivity contribution < 1.29 is 4.79 Å². The SMILES string of the molecule is CN(C=O)N1CCCCC1. The van der Waals surface area contributed by atoms with Crippen molar-refractivity contribution in [3.63, 3.8) is 0 Å². The smallest absolute Gasteiger partial charge is 0.223 e. The zero-order valence-corrected chi connectivity index (χ0v) is 6.42. The van der Waals surface area contributed by atoms with Crippen molar-refractivity contribution >= 4 is 6.41 Å². The summed E-state index contributed by atoms with van der Waals surface area (Å²) in [5.41, 5.74) is 0. The first-order chi connectivity index (χ1) is 4.84. The second-order valence-corrected chi connectivity index (χ2v) is 2.69. The Morgan fingerprint density at radius 2 is 1.90 bits per heavy atom. The van der Waals surface area contributed by atoms with Gasteiger partial charge in [-0.1, -0.05) is 6.42 Å². The fraction of sp³-hybridized carbons (Fsp3) is 0.857. The maximum absolute atomic E-state index is 10.3. The molecule has 0 aromatic carbocycles. The van der Waals surface area contributed by atoms with Crippen molar-refractivity contribution in [2.75, 3.05) is 20.1 Å². The molecule has 0 atom stereocenters. The van der Waals surface area contributed by atoms with Crippen LogP contribution in [-0.4, -0.2) is 36.6 Å². The number of amides is 1. The lowest BCUT2D eigenvalue weighted by atomic mass is 10.2. The maximum Gasteiger partial charge on any atom is 0.223 e. The largest absolute Gasteiger partial charge is 0.281 e. The minimum Gasteiger partial charge on any atom is -0.281 e. The van der Waals surface area contributed by atoms with Crippen LogP contribution in [0.3, 0.4) is 0 Å². The Labute approximate surface area is 61.6 Å².